The lowest BCUT2D eigenvalue weighted by Gasteiger charge is -2.22. The normalized spacial score (nSPS) is 13.6. The molecule has 0 amide bonds. The quantitative estimate of drug-likeness (QED) is 0.147. The summed E-state index contributed by atoms with van der Waals surface area (Å²) < 4.78 is 2.18. The summed E-state index contributed by atoms with van der Waals surface area (Å²) in [5.74, 6) is 0.592. The molecule has 0 atom stereocenters. The van der Waals surface area contributed by atoms with Gasteiger partial charge in [0.25, 0.3) is 0 Å². The van der Waals surface area contributed by atoms with Gasteiger partial charge in [-0.05, 0) is 69.4 Å². The van der Waals surface area contributed by atoms with Gasteiger partial charge in [0, 0.05) is 21.8 Å². The van der Waals surface area contributed by atoms with Crippen molar-refractivity contribution in [2.45, 2.75) is 25.8 Å². The summed E-state index contributed by atoms with van der Waals surface area (Å²) in [6.45, 7) is 9.15. The second-order valence-corrected chi connectivity index (χ2v) is 12.3. The van der Waals surface area contributed by atoms with Crippen LogP contribution in [0.4, 0.5) is 0 Å². The predicted molar refractivity (Wildman–Crippen MR) is 190 cm³/mol. The van der Waals surface area contributed by atoms with Crippen LogP contribution in [-0.4, -0.2) is 17.2 Å². The molecule has 1 heterocycles. The van der Waals surface area contributed by atoms with Crippen molar-refractivity contribution in [3.8, 4) is 33.4 Å². The van der Waals surface area contributed by atoms with Crippen LogP contribution in [0, 0.1) is 0 Å². The molecule has 1 aliphatic carbocycles. The molecule has 45 heavy (non-hydrogen) atoms. The number of aromatic nitrogens is 1. The maximum absolute atomic E-state index is 4.97. The minimum absolute atomic E-state index is 0.0424. The zero-order chi connectivity index (χ0) is 30.5. The average Bonchev–Trinajstić information content (AvgIpc) is 3.54. The molecule has 0 saturated heterocycles. The first-order valence-electron chi connectivity index (χ1n) is 15.5. The summed E-state index contributed by atoms with van der Waals surface area (Å²) in [4.78, 5) is 9.44. The van der Waals surface area contributed by atoms with Crippen LogP contribution in [0.15, 0.2) is 150 Å². The first-order valence-corrected chi connectivity index (χ1v) is 15.5. The lowest BCUT2D eigenvalue weighted by atomic mass is 9.81. The van der Waals surface area contributed by atoms with E-state index in [0.29, 0.717) is 12.5 Å². The molecule has 1 aliphatic rings. The van der Waals surface area contributed by atoms with E-state index in [1.165, 1.54) is 44.2 Å². The number of hydrogen-bond donors (Lipinski definition) is 0. The molecule has 0 radical (unpaired) electrons. The Balaban J connectivity index is 1.28. The molecule has 0 fully saturated rings. The fourth-order valence-corrected chi connectivity index (χ4v) is 7.15. The molecule has 7 aromatic rings. The van der Waals surface area contributed by atoms with E-state index in [0.717, 1.165) is 27.7 Å². The van der Waals surface area contributed by atoms with Gasteiger partial charge >= 0.3 is 0 Å². The van der Waals surface area contributed by atoms with Crippen LogP contribution < -0.4 is 0 Å². The number of fused-ring (bicyclic) bond motifs is 6. The molecule has 3 heteroatoms. The highest BCUT2D eigenvalue weighted by Crippen LogP contribution is 2.49. The monoisotopic (exact) mass is 579 g/mol. The first-order chi connectivity index (χ1) is 22.0. The third kappa shape index (κ3) is 4.35. The molecule has 8 rings (SSSR count). The smallest absolute Gasteiger partial charge is 0.229 e. The summed E-state index contributed by atoms with van der Waals surface area (Å²) in [7, 11) is 0. The topological polar surface area (TPSA) is 29.6 Å². The van der Waals surface area contributed by atoms with Crippen LogP contribution in [0.5, 0.6) is 0 Å². The Labute approximate surface area is 263 Å². The van der Waals surface area contributed by atoms with Gasteiger partial charge in [0.15, 0.2) is 0 Å². The Morgan fingerprint density at radius 2 is 1.27 bits per heavy atom. The van der Waals surface area contributed by atoms with Crippen molar-refractivity contribution in [3.63, 3.8) is 0 Å². The molecule has 1 aromatic heterocycles. The molecule has 0 aliphatic heterocycles. The van der Waals surface area contributed by atoms with Gasteiger partial charge in [-0.25, -0.2) is 9.98 Å². The van der Waals surface area contributed by atoms with E-state index in [9.17, 15) is 0 Å². The summed E-state index contributed by atoms with van der Waals surface area (Å²) in [5, 5.41) is 2.34. The molecule has 6 aromatic carbocycles. The van der Waals surface area contributed by atoms with E-state index >= 15 is 0 Å². The highest BCUT2D eigenvalue weighted by Gasteiger charge is 2.35. The predicted octanol–water partition coefficient (Wildman–Crippen LogP) is 10.5. The third-order valence-electron chi connectivity index (χ3n) is 9.37. The van der Waals surface area contributed by atoms with Crippen LogP contribution in [0.3, 0.4) is 0 Å². The number of hydrogen-bond acceptors (Lipinski definition) is 1. The fraction of sp³-hybridized carbons (Fsp3) is 0.0952. The zero-order valence-corrected chi connectivity index (χ0v) is 25.5. The number of rotatable bonds is 4. The van der Waals surface area contributed by atoms with Crippen LogP contribution in [0.1, 0.15) is 30.5 Å². The van der Waals surface area contributed by atoms with E-state index in [2.05, 4.69) is 151 Å². The molecule has 3 nitrogen and oxygen atoms in total. The Kier molecular flexibility index (Phi) is 6.35. The Morgan fingerprint density at radius 3 is 2.13 bits per heavy atom. The zero-order valence-electron chi connectivity index (χ0n) is 25.5. The number of para-hydroxylation sites is 2. The molecule has 216 valence electrons. The summed E-state index contributed by atoms with van der Waals surface area (Å²) >= 11 is 0. The van der Waals surface area contributed by atoms with E-state index in [4.69, 9.17) is 4.99 Å². The molecular weight excluding hydrogens is 546 g/mol. The largest absolute Gasteiger partial charge is 0.278 e. The van der Waals surface area contributed by atoms with E-state index in [-0.39, 0.29) is 5.41 Å². The second-order valence-electron chi connectivity index (χ2n) is 12.3. The van der Waals surface area contributed by atoms with Gasteiger partial charge in [0.2, 0.25) is 5.96 Å². The van der Waals surface area contributed by atoms with Crippen molar-refractivity contribution >= 4 is 34.5 Å². The lowest BCUT2D eigenvalue weighted by molar-refractivity contribution is 0.660. The highest BCUT2D eigenvalue weighted by atomic mass is 15.2. The minimum Gasteiger partial charge on any atom is -0.278 e. The second kappa shape index (κ2) is 10.6. The Hall–Kier alpha value is -5.54. The van der Waals surface area contributed by atoms with Gasteiger partial charge in [0.05, 0.1) is 17.6 Å². The van der Waals surface area contributed by atoms with Gasteiger partial charge in [-0.1, -0.05) is 135 Å². The molecular formula is C42H33N3. The molecule has 0 saturated carbocycles. The molecule has 0 spiro atoms. The van der Waals surface area contributed by atoms with Crippen molar-refractivity contribution in [1.82, 2.24) is 4.57 Å². The van der Waals surface area contributed by atoms with Gasteiger partial charge in [-0.15, -0.1) is 0 Å². The number of aliphatic imine (C=N–C) groups is 2. The highest BCUT2D eigenvalue weighted by molar-refractivity contribution is 6.18. The van der Waals surface area contributed by atoms with E-state index < -0.39 is 0 Å². The lowest BCUT2D eigenvalue weighted by Crippen LogP contribution is -2.14. The fourth-order valence-electron chi connectivity index (χ4n) is 7.15. The SMILES string of the molecule is C=NC(=NCc1ccccc1)n1c2ccccc2c2cccc(-c3cccc(-c4ccc5c(c4)C(C)(C)c4ccccc4-5)c3)c21. The summed E-state index contributed by atoms with van der Waals surface area (Å²) in [6, 6.07) is 50.0. The van der Waals surface area contributed by atoms with Crippen LogP contribution >= 0.6 is 0 Å². The van der Waals surface area contributed by atoms with E-state index in [1.54, 1.807) is 0 Å². The van der Waals surface area contributed by atoms with Crippen molar-refractivity contribution in [1.29, 1.82) is 0 Å². The van der Waals surface area contributed by atoms with Crippen LogP contribution in [0.25, 0.3) is 55.2 Å². The molecule has 0 N–H and O–H groups in total. The van der Waals surface area contributed by atoms with Gasteiger partial charge in [-0.2, -0.15) is 0 Å². The summed E-state index contributed by atoms with van der Waals surface area (Å²) in [6.07, 6.45) is 0. The van der Waals surface area contributed by atoms with Crippen molar-refractivity contribution in [2.75, 3.05) is 0 Å². The molecule has 0 unspecified atom stereocenters. The first kappa shape index (κ1) is 27.0. The van der Waals surface area contributed by atoms with Gasteiger partial charge < -0.3 is 0 Å². The third-order valence-corrected chi connectivity index (χ3v) is 9.37. The van der Waals surface area contributed by atoms with Gasteiger partial charge in [0.1, 0.15) is 0 Å². The molecule has 0 bridgehead atoms. The van der Waals surface area contributed by atoms with E-state index in [1.807, 2.05) is 18.2 Å². The van der Waals surface area contributed by atoms with Crippen molar-refractivity contribution < 1.29 is 0 Å². The van der Waals surface area contributed by atoms with Crippen molar-refractivity contribution in [2.24, 2.45) is 9.98 Å². The maximum Gasteiger partial charge on any atom is 0.229 e. The number of nitrogens with zero attached hydrogens (tertiary/aromatic N) is 3. The average molecular weight is 580 g/mol. The van der Waals surface area contributed by atoms with Gasteiger partial charge in [-0.3, -0.25) is 4.57 Å². The summed E-state index contributed by atoms with van der Waals surface area (Å²) in [5.41, 5.74) is 13.4. The number of benzene rings is 6. The van der Waals surface area contributed by atoms with Crippen molar-refractivity contribution in [3.05, 3.63) is 156 Å². The maximum atomic E-state index is 4.97. The Bertz CT molecular complexity index is 2290. The Morgan fingerprint density at radius 1 is 0.600 bits per heavy atom. The standard InChI is InChI=1S/C42H33N3/c1-42(2)37-21-9-7-17-33(37)34-24-23-30(26-38(34)42)29-15-11-16-31(25-29)32-19-12-20-36-35-18-8-10-22-39(35)45(40(32)36)41(43-3)44-27-28-13-5-4-6-14-28/h4-26H,3,27H2,1-2H3. The van der Waals surface area contributed by atoms with Crippen LogP contribution in [-0.2, 0) is 12.0 Å². The minimum atomic E-state index is -0.0424. The van der Waals surface area contributed by atoms with Crippen LogP contribution in [0.2, 0.25) is 0 Å².